The molecule has 274 valence electrons. The van der Waals surface area contributed by atoms with Crippen LogP contribution in [0.15, 0.2) is 218 Å². The number of anilines is 3. The van der Waals surface area contributed by atoms with Gasteiger partial charge in [0.15, 0.2) is 0 Å². The van der Waals surface area contributed by atoms with Crippen molar-refractivity contribution < 1.29 is 0 Å². The van der Waals surface area contributed by atoms with Gasteiger partial charge in [0.25, 0.3) is 0 Å². The molecule has 59 heavy (non-hydrogen) atoms. The third-order valence-electron chi connectivity index (χ3n) is 11.8. The first kappa shape index (κ1) is 34.3. The molecule has 0 aliphatic carbocycles. The van der Waals surface area contributed by atoms with Crippen LogP contribution in [0, 0.1) is 11.3 Å². The maximum Gasteiger partial charge on any atom is 0.0991 e. The Morgan fingerprint density at radius 3 is 1.44 bits per heavy atom. The van der Waals surface area contributed by atoms with E-state index in [-0.39, 0.29) is 0 Å². The van der Waals surface area contributed by atoms with E-state index in [0.717, 1.165) is 22.4 Å². The van der Waals surface area contributed by atoms with Gasteiger partial charge in [-0.25, -0.2) is 0 Å². The number of para-hydroxylation sites is 1. The van der Waals surface area contributed by atoms with Gasteiger partial charge in [0.05, 0.1) is 11.6 Å². The van der Waals surface area contributed by atoms with Gasteiger partial charge in [0, 0.05) is 17.1 Å². The van der Waals surface area contributed by atoms with Gasteiger partial charge >= 0.3 is 0 Å². The summed E-state index contributed by atoms with van der Waals surface area (Å²) in [6, 6.07) is 80.8. The molecule has 0 aromatic heterocycles. The molecule has 11 aromatic rings. The third-order valence-corrected chi connectivity index (χ3v) is 11.8. The van der Waals surface area contributed by atoms with Crippen molar-refractivity contribution in [3.8, 4) is 39.4 Å². The van der Waals surface area contributed by atoms with E-state index in [1.165, 1.54) is 81.9 Å². The van der Waals surface area contributed by atoms with Crippen LogP contribution in [-0.4, -0.2) is 0 Å². The van der Waals surface area contributed by atoms with Crippen LogP contribution in [0.1, 0.15) is 5.56 Å². The van der Waals surface area contributed by atoms with Crippen molar-refractivity contribution >= 4 is 70.9 Å². The number of rotatable bonds is 6. The van der Waals surface area contributed by atoms with Crippen LogP contribution in [0.5, 0.6) is 0 Å². The summed E-state index contributed by atoms with van der Waals surface area (Å²) in [4.78, 5) is 2.24. The van der Waals surface area contributed by atoms with Gasteiger partial charge in [-0.1, -0.05) is 158 Å². The van der Waals surface area contributed by atoms with Crippen LogP contribution < -0.4 is 4.90 Å². The summed E-state index contributed by atoms with van der Waals surface area (Å²) in [5.41, 5.74) is 11.1. The molecule has 0 aliphatic rings. The second kappa shape index (κ2) is 14.2. The minimum atomic E-state index is 0.642. The number of hydrogen-bond acceptors (Lipinski definition) is 2. The normalized spacial score (nSPS) is 11.4. The van der Waals surface area contributed by atoms with E-state index in [2.05, 4.69) is 199 Å². The molecule has 0 unspecified atom stereocenters. The molecule has 11 rings (SSSR count). The Hall–Kier alpha value is -7.99. The van der Waals surface area contributed by atoms with Crippen molar-refractivity contribution in [1.29, 1.82) is 5.26 Å². The van der Waals surface area contributed by atoms with Gasteiger partial charge in [-0.2, -0.15) is 5.26 Å². The van der Waals surface area contributed by atoms with Gasteiger partial charge in [-0.15, -0.1) is 0 Å². The largest absolute Gasteiger partial charge is 0.310 e. The third kappa shape index (κ3) is 5.88. The highest BCUT2D eigenvalue weighted by atomic mass is 15.1. The molecule has 0 spiro atoms. The Morgan fingerprint density at radius 2 is 0.780 bits per heavy atom. The molecular weight excluding hydrogens is 713 g/mol. The number of fused-ring (bicyclic) bond motifs is 5. The predicted molar refractivity (Wildman–Crippen MR) is 250 cm³/mol. The van der Waals surface area contributed by atoms with Crippen molar-refractivity contribution in [2.45, 2.75) is 0 Å². The summed E-state index contributed by atoms with van der Waals surface area (Å²) in [5.74, 6) is 0. The quantitative estimate of drug-likeness (QED) is 0.158. The minimum absolute atomic E-state index is 0.642. The molecule has 0 radical (unpaired) electrons. The number of hydrogen-bond donors (Lipinski definition) is 0. The summed E-state index contributed by atoms with van der Waals surface area (Å²) < 4.78 is 0. The smallest absolute Gasteiger partial charge is 0.0991 e. The van der Waals surface area contributed by atoms with Crippen LogP contribution in [0.25, 0.3) is 87.2 Å². The first-order valence-electron chi connectivity index (χ1n) is 20.1. The summed E-state index contributed by atoms with van der Waals surface area (Å²) in [6.45, 7) is 0. The fraction of sp³-hybridized carbons (Fsp3) is 0. The molecule has 0 aliphatic heterocycles. The number of nitrogens with zero attached hydrogens (tertiary/aromatic N) is 2. The molecule has 0 heterocycles. The zero-order valence-electron chi connectivity index (χ0n) is 32.2. The Kier molecular flexibility index (Phi) is 8.24. The fourth-order valence-electron chi connectivity index (χ4n) is 9.09. The maximum absolute atomic E-state index is 9.45. The van der Waals surface area contributed by atoms with E-state index >= 15 is 0 Å². The van der Waals surface area contributed by atoms with Crippen LogP contribution in [0.2, 0.25) is 0 Å². The van der Waals surface area contributed by atoms with Crippen molar-refractivity contribution in [1.82, 2.24) is 0 Å². The zero-order valence-corrected chi connectivity index (χ0v) is 32.2. The van der Waals surface area contributed by atoms with Gasteiger partial charge in [0.2, 0.25) is 0 Å². The SMILES string of the molecule is N#Cc1ccc(N(c2ccccc2)c2ccc3cc(-c4ccc5c(-c6cccc7ccccc67)c6ccccc6c(-c6cccc7ccccc67)c5c4)ccc3c2)cc1. The van der Waals surface area contributed by atoms with E-state index < -0.39 is 0 Å². The lowest BCUT2D eigenvalue weighted by molar-refractivity contribution is 1.29. The van der Waals surface area contributed by atoms with Gasteiger partial charge in [-0.3, -0.25) is 0 Å². The molecule has 0 atom stereocenters. The molecule has 11 aromatic carbocycles. The highest BCUT2D eigenvalue weighted by Crippen LogP contribution is 2.48. The second-order valence-corrected chi connectivity index (χ2v) is 15.2. The Labute approximate surface area is 343 Å². The second-order valence-electron chi connectivity index (χ2n) is 15.2. The van der Waals surface area contributed by atoms with E-state index in [0.29, 0.717) is 5.56 Å². The highest BCUT2D eigenvalue weighted by Gasteiger charge is 2.20. The van der Waals surface area contributed by atoms with Crippen LogP contribution in [-0.2, 0) is 0 Å². The fourth-order valence-corrected chi connectivity index (χ4v) is 9.09. The van der Waals surface area contributed by atoms with Crippen LogP contribution >= 0.6 is 0 Å². The van der Waals surface area contributed by atoms with Crippen LogP contribution in [0.3, 0.4) is 0 Å². The van der Waals surface area contributed by atoms with Crippen molar-refractivity contribution in [3.63, 3.8) is 0 Å². The van der Waals surface area contributed by atoms with Gasteiger partial charge < -0.3 is 4.90 Å². The molecule has 2 nitrogen and oxygen atoms in total. The van der Waals surface area contributed by atoms with E-state index in [1.807, 2.05) is 30.3 Å². The van der Waals surface area contributed by atoms with Gasteiger partial charge in [-0.05, 0) is 148 Å². The standard InChI is InChI=1S/C57H36N2/c58-37-38-24-30-46(31-25-38)59(45-16-2-1-3-17-45)47-32-28-42-34-41(26-27-43(42)35-47)44-29-33-54-55(36-44)57(51-23-11-15-40-13-5-7-19-49(40)51)53-21-9-8-20-52(53)56(54)50-22-10-14-39-12-4-6-18-48(39)50/h1-36H. The van der Waals surface area contributed by atoms with E-state index in [9.17, 15) is 5.26 Å². The first-order valence-corrected chi connectivity index (χ1v) is 20.1. The molecule has 0 saturated carbocycles. The molecule has 2 heteroatoms. The highest BCUT2D eigenvalue weighted by molar-refractivity contribution is 6.25. The minimum Gasteiger partial charge on any atom is -0.310 e. The van der Waals surface area contributed by atoms with Crippen molar-refractivity contribution in [2.24, 2.45) is 0 Å². The summed E-state index contributed by atoms with van der Waals surface area (Å²) >= 11 is 0. The molecule has 0 bridgehead atoms. The topological polar surface area (TPSA) is 27.0 Å². The molecule has 0 saturated heterocycles. The lowest BCUT2D eigenvalue weighted by atomic mass is 9.83. The lowest BCUT2D eigenvalue weighted by Crippen LogP contribution is -2.09. The number of benzene rings is 11. The molecular formula is C57H36N2. The monoisotopic (exact) mass is 748 g/mol. The van der Waals surface area contributed by atoms with E-state index in [1.54, 1.807) is 0 Å². The Balaban J connectivity index is 1.12. The average molecular weight is 749 g/mol. The number of nitriles is 1. The predicted octanol–water partition coefficient (Wildman–Crippen LogP) is 15.8. The van der Waals surface area contributed by atoms with Crippen molar-refractivity contribution in [2.75, 3.05) is 4.90 Å². The zero-order chi connectivity index (χ0) is 39.3. The van der Waals surface area contributed by atoms with Crippen molar-refractivity contribution in [3.05, 3.63) is 224 Å². The summed E-state index contributed by atoms with van der Waals surface area (Å²) in [6.07, 6.45) is 0. The molecule has 0 N–H and O–H groups in total. The average Bonchev–Trinajstić information content (AvgIpc) is 3.31. The Morgan fingerprint density at radius 1 is 0.305 bits per heavy atom. The lowest BCUT2D eigenvalue weighted by Gasteiger charge is -2.26. The van der Waals surface area contributed by atoms with Crippen LogP contribution in [0.4, 0.5) is 17.1 Å². The summed E-state index contributed by atoms with van der Waals surface area (Å²) in [7, 11) is 0. The first-order chi connectivity index (χ1) is 29.2. The molecule has 0 fully saturated rings. The maximum atomic E-state index is 9.45. The Bertz CT molecular complexity index is 3440. The van der Waals surface area contributed by atoms with Gasteiger partial charge in [0.1, 0.15) is 0 Å². The summed E-state index contributed by atoms with van der Waals surface area (Å²) in [5, 5.41) is 21.7. The van der Waals surface area contributed by atoms with E-state index in [4.69, 9.17) is 0 Å². The molecule has 0 amide bonds.